The molecule has 1 heterocycles. The van der Waals surface area contributed by atoms with Crippen molar-refractivity contribution in [1.29, 1.82) is 0 Å². The van der Waals surface area contributed by atoms with E-state index in [1.807, 2.05) is 20.8 Å². The third-order valence-corrected chi connectivity index (χ3v) is 3.76. The summed E-state index contributed by atoms with van der Waals surface area (Å²) in [7, 11) is 1.44. The van der Waals surface area contributed by atoms with E-state index in [1.54, 1.807) is 0 Å². The van der Waals surface area contributed by atoms with Crippen molar-refractivity contribution in [1.82, 2.24) is 10.2 Å². The van der Waals surface area contributed by atoms with Gasteiger partial charge in [0.2, 0.25) is 11.8 Å². The first kappa shape index (κ1) is 15.9. The average molecular weight is 296 g/mol. The minimum Gasteiger partial charge on any atom is -0.469 e. The van der Waals surface area contributed by atoms with E-state index in [2.05, 4.69) is 10.2 Å². The molecule has 6 nitrogen and oxygen atoms in total. The summed E-state index contributed by atoms with van der Waals surface area (Å²) in [4.78, 5) is 11.5. The molecule has 0 aliphatic heterocycles. The van der Waals surface area contributed by atoms with Gasteiger partial charge in [-0.1, -0.05) is 20.8 Å². The highest BCUT2D eigenvalue weighted by Gasteiger charge is 2.28. The number of ether oxygens (including phenoxy) is 2. The van der Waals surface area contributed by atoms with Crippen molar-refractivity contribution >= 4 is 5.97 Å². The van der Waals surface area contributed by atoms with E-state index in [9.17, 15) is 4.79 Å². The Bertz CT molecular complexity index is 470. The van der Waals surface area contributed by atoms with E-state index in [1.165, 1.54) is 7.11 Å². The maximum absolute atomic E-state index is 11.5. The lowest BCUT2D eigenvalue weighted by Gasteiger charge is -2.26. The molecular formula is C15H24N2O4. The van der Waals surface area contributed by atoms with Gasteiger partial charge in [-0.15, -0.1) is 10.2 Å². The molecule has 1 fully saturated rings. The minimum absolute atomic E-state index is 0.0192. The molecule has 118 valence electrons. The summed E-state index contributed by atoms with van der Waals surface area (Å²) in [6.45, 7) is 6.41. The topological polar surface area (TPSA) is 74.5 Å². The maximum Gasteiger partial charge on any atom is 0.308 e. The first-order valence-electron chi connectivity index (χ1n) is 7.42. The van der Waals surface area contributed by atoms with Crippen molar-refractivity contribution in [2.45, 2.75) is 64.6 Å². The molecule has 1 aliphatic rings. The summed E-state index contributed by atoms with van der Waals surface area (Å²) in [5.41, 5.74) is -0.149. The highest BCUT2D eigenvalue weighted by Crippen LogP contribution is 2.28. The number of aromatic nitrogens is 2. The number of hydrogen-bond acceptors (Lipinski definition) is 6. The normalized spacial score (nSPS) is 23.0. The summed E-state index contributed by atoms with van der Waals surface area (Å²) in [6, 6.07) is 0. The lowest BCUT2D eigenvalue weighted by Crippen LogP contribution is -2.26. The Kier molecular flexibility index (Phi) is 4.98. The first-order valence-corrected chi connectivity index (χ1v) is 7.42. The molecule has 0 radical (unpaired) electrons. The van der Waals surface area contributed by atoms with Crippen LogP contribution in [0.4, 0.5) is 0 Å². The van der Waals surface area contributed by atoms with E-state index in [4.69, 9.17) is 13.9 Å². The summed E-state index contributed by atoms with van der Waals surface area (Å²) >= 11 is 0. The van der Waals surface area contributed by atoms with Crippen LogP contribution in [-0.4, -0.2) is 29.4 Å². The molecule has 2 rings (SSSR count). The van der Waals surface area contributed by atoms with Gasteiger partial charge in [0.1, 0.15) is 6.61 Å². The molecule has 0 atom stereocenters. The zero-order chi connectivity index (χ0) is 15.5. The number of rotatable bonds is 4. The molecule has 0 amide bonds. The van der Waals surface area contributed by atoms with Crippen LogP contribution in [0.1, 0.15) is 58.2 Å². The molecule has 1 saturated carbocycles. The van der Waals surface area contributed by atoms with Gasteiger partial charge in [0.05, 0.1) is 19.1 Å². The fourth-order valence-electron chi connectivity index (χ4n) is 2.44. The molecule has 0 saturated heterocycles. The maximum atomic E-state index is 11.5. The summed E-state index contributed by atoms with van der Waals surface area (Å²) in [5.74, 6) is 1.04. The molecule has 0 unspecified atom stereocenters. The molecule has 21 heavy (non-hydrogen) atoms. The van der Waals surface area contributed by atoms with Gasteiger partial charge in [0.25, 0.3) is 0 Å². The molecule has 0 spiro atoms. The molecule has 1 aromatic heterocycles. The van der Waals surface area contributed by atoms with E-state index >= 15 is 0 Å². The number of methoxy groups -OCH3 is 1. The first-order chi connectivity index (χ1) is 9.90. The highest BCUT2D eigenvalue weighted by atomic mass is 16.5. The van der Waals surface area contributed by atoms with Gasteiger partial charge in [-0.3, -0.25) is 4.79 Å². The lowest BCUT2D eigenvalue weighted by atomic mass is 9.87. The summed E-state index contributed by atoms with van der Waals surface area (Å²) < 4.78 is 16.2. The van der Waals surface area contributed by atoms with Crippen LogP contribution in [0.3, 0.4) is 0 Å². The van der Waals surface area contributed by atoms with Gasteiger partial charge in [-0.05, 0) is 25.7 Å². The van der Waals surface area contributed by atoms with Gasteiger partial charge in [0, 0.05) is 5.41 Å². The van der Waals surface area contributed by atoms with E-state index in [-0.39, 0.29) is 23.4 Å². The predicted octanol–water partition coefficient (Wildman–Crippen LogP) is 2.62. The van der Waals surface area contributed by atoms with Crippen LogP contribution in [0.15, 0.2) is 4.42 Å². The van der Waals surface area contributed by atoms with Crippen LogP contribution >= 0.6 is 0 Å². The largest absolute Gasteiger partial charge is 0.469 e. The number of esters is 1. The van der Waals surface area contributed by atoms with Crippen molar-refractivity contribution in [3.63, 3.8) is 0 Å². The minimum atomic E-state index is -0.149. The van der Waals surface area contributed by atoms with Crippen LogP contribution in [0.25, 0.3) is 0 Å². The smallest absolute Gasteiger partial charge is 0.308 e. The Hall–Kier alpha value is -1.43. The zero-order valence-electron chi connectivity index (χ0n) is 13.2. The van der Waals surface area contributed by atoms with Crippen LogP contribution in [-0.2, 0) is 26.3 Å². The van der Waals surface area contributed by atoms with Crippen LogP contribution in [0.2, 0.25) is 0 Å². The van der Waals surface area contributed by atoms with E-state index < -0.39 is 0 Å². The van der Waals surface area contributed by atoms with Crippen molar-refractivity contribution in [3.8, 4) is 0 Å². The predicted molar refractivity (Wildman–Crippen MR) is 75.5 cm³/mol. The lowest BCUT2D eigenvalue weighted by molar-refractivity contribution is -0.147. The van der Waals surface area contributed by atoms with Gasteiger partial charge in [-0.25, -0.2) is 0 Å². The molecular weight excluding hydrogens is 272 g/mol. The second kappa shape index (κ2) is 6.56. The fraction of sp³-hybridized carbons (Fsp3) is 0.800. The third-order valence-electron chi connectivity index (χ3n) is 3.76. The van der Waals surface area contributed by atoms with Gasteiger partial charge in [-0.2, -0.15) is 0 Å². The Morgan fingerprint density at radius 2 is 1.90 bits per heavy atom. The number of hydrogen-bond donors (Lipinski definition) is 0. The van der Waals surface area contributed by atoms with Crippen molar-refractivity contribution < 1.29 is 18.7 Å². The number of carbonyl (C=O) groups excluding carboxylic acids is 1. The molecule has 0 bridgehead atoms. The van der Waals surface area contributed by atoms with Crippen molar-refractivity contribution in [2.75, 3.05) is 7.11 Å². The van der Waals surface area contributed by atoms with Crippen LogP contribution < -0.4 is 0 Å². The standard InChI is InChI=1S/C15H24N2O4/c1-15(2,3)14-17-16-12(21-14)9-20-11-7-5-10(6-8-11)13(18)19-4/h10-11H,5-9H2,1-4H3. The average Bonchev–Trinajstić information content (AvgIpc) is 2.94. The second-order valence-corrected chi connectivity index (χ2v) is 6.56. The monoisotopic (exact) mass is 296 g/mol. The summed E-state index contributed by atoms with van der Waals surface area (Å²) in [5, 5.41) is 8.05. The van der Waals surface area contributed by atoms with Crippen molar-refractivity contribution in [3.05, 3.63) is 11.8 Å². The molecule has 1 aromatic rings. The molecule has 6 heteroatoms. The quantitative estimate of drug-likeness (QED) is 0.795. The van der Waals surface area contributed by atoms with E-state index in [0.29, 0.717) is 18.4 Å². The van der Waals surface area contributed by atoms with Crippen molar-refractivity contribution in [2.24, 2.45) is 5.92 Å². The highest BCUT2D eigenvalue weighted by molar-refractivity contribution is 5.72. The SMILES string of the molecule is COC(=O)C1CCC(OCc2nnc(C(C)(C)C)o2)CC1. The van der Waals surface area contributed by atoms with Gasteiger partial charge >= 0.3 is 5.97 Å². The van der Waals surface area contributed by atoms with Gasteiger partial charge in [0.15, 0.2) is 0 Å². The zero-order valence-corrected chi connectivity index (χ0v) is 13.2. The van der Waals surface area contributed by atoms with E-state index in [0.717, 1.165) is 25.7 Å². The third kappa shape index (κ3) is 4.27. The van der Waals surface area contributed by atoms with Gasteiger partial charge < -0.3 is 13.9 Å². The Balaban J connectivity index is 1.77. The molecule has 0 aromatic carbocycles. The second-order valence-electron chi connectivity index (χ2n) is 6.56. The summed E-state index contributed by atoms with van der Waals surface area (Å²) in [6.07, 6.45) is 3.50. The van der Waals surface area contributed by atoms with Crippen LogP contribution in [0, 0.1) is 5.92 Å². The number of nitrogens with zero attached hydrogens (tertiary/aromatic N) is 2. The molecule has 1 aliphatic carbocycles. The van der Waals surface area contributed by atoms with Crippen LogP contribution in [0.5, 0.6) is 0 Å². The fourth-order valence-corrected chi connectivity index (χ4v) is 2.44. The Labute approximate surface area is 125 Å². The Morgan fingerprint density at radius 3 is 2.43 bits per heavy atom. The molecule has 0 N–H and O–H groups in total. The number of carbonyl (C=O) groups is 1. The Morgan fingerprint density at radius 1 is 1.24 bits per heavy atom.